The largest absolute Gasteiger partial charge is 0.397 e. The van der Waals surface area contributed by atoms with Gasteiger partial charge in [-0.2, -0.15) is 0 Å². The molecule has 1 aromatic heterocycles. The van der Waals surface area contributed by atoms with Gasteiger partial charge in [0.1, 0.15) is 0 Å². The lowest BCUT2D eigenvalue weighted by Gasteiger charge is -2.07. The minimum absolute atomic E-state index is 0.720. The average molecular weight is 260 g/mol. The number of benzene rings is 2. The van der Waals surface area contributed by atoms with Crippen molar-refractivity contribution in [1.82, 2.24) is 4.98 Å². The van der Waals surface area contributed by atoms with Crippen molar-refractivity contribution >= 4 is 5.69 Å². The summed E-state index contributed by atoms with van der Waals surface area (Å²) in [6.07, 6.45) is 1.84. The quantitative estimate of drug-likeness (QED) is 0.745. The molecule has 20 heavy (non-hydrogen) atoms. The van der Waals surface area contributed by atoms with Crippen molar-refractivity contribution < 1.29 is 0 Å². The van der Waals surface area contributed by atoms with Crippen LogP contribution >= 0.6 is 0 Å². The molecule has 2 nitrogen and oxygen atoms in total. The van der Waals surface area contributed by atoms with E-state index in [9.17, 15) is 0 Å². The van der Waals surface area contributed by atoms with Crippen LogP contribution in [0.4, 0.5) is 5.69 Å². The first-order valence-corrected chi connectivity index (χ1v) is 6.62. The fourth-order valence-electron chi connectivity index (χ4n) is 2.28. The number of rotatable bonds is 2. The number of pyridine rings is 1. The van der Waals surface area contributed by atoms with E-state index >= 15 is 0 Å². The molecule has 2 N–H and O–H groups in total. The molecule has 0 radical (unpaired) electrons. The number of aromatic nitrogens is 1. The van der Waals surface area contributed by atoms with E-state index in [-0.39, 0.29) is 0 Å². The van der Waals surface area contributed by atoms with Crippen molar-refractivity contribution in [3.63, 3.8) is 0 Å². The summed E-state index contributed by atoms with van der Waals surface area (Å²) >= 11 is 0. The third kappa shape index (κ3) is 2.41. The van der Waals surface area contributed by atoms with E-state index in [1.54, 1.807) is 0 Å². The monoisotopic (exact) mass is 260 g/mol. The number of nitrogen functional groups attached to an aromatic ring is 1. The molecule has 0 bridgehead atoms. The fourth-order valence-corrected chi connectivity index (χ4v) is 2.28. The highest BCUT2D eigenvalue weighted by Crippen LogP contribution is 2.27. The third-order valence-electron chi connectivity index (χ3n) is 3.32. The first-order valence-electron chi connectivity index (χ1n) is 6.62. The average Bonchev–Trinajstić information content (AvgIpc) is 2.48. The maximum Gasteiger partial charge on any atom is 0.0931 e. The van der Waals surface area contributed by atoms with E-state index in [1.807, 2.05) is 37.4 Å². The highest BCUT2D eigenvalue weighted by Gasteiger charge is 2.05. The van der Waals surface area contributed by atoms with Crippen LogP contribution in [-0.4, -0.2) is 4.98 Å². The molecule has 3 rings (SSSR count). The Labute approximate surface area is 118 Å². The molecule has 0 spiro atoms. The molecule has 0 amide bonds. The van der Waals surface area contributed by atoms with Crippen molar-refractivity contribution in [1.29, 1.82) is 0 Å². The van der Waals surface area contributed by atoms with Gasteiger partial charge < -0.3 is 5.73 Å². The Morgan fingerprint density at radius 1 is 0.800 bits per heavy atom. The highest BCUT2D eigenvalue weighted by molar-refractivity contribution is 5.75. The van der Waals surface area contributed by atoms with Crippen molar-refractivity contribution in [2.45, 2.75) is 6.92 Å². The summed E-state index contributed by atoms with van der Waals surface area (Å²) in [5.74, 6) is 0. The van der Waals surface area contributed by atoms with Gasteiger partial charge in [0.2, 0.25) is 0 Å². The number of hydrogen-bond acceptors (Lipinski definition) is 2. The van der Waals surface area contributed by atoms with Gasteiger partial charge in [-0.15, -0.1) is 0 Å². The van der Waals surface area contributed by atoms with E-state index in [0.29, 0.717) is 0 Å². The van der Waals surface area contributed by atoms with Gasteiger partial charge in [-0.1, -0.05) is 54.6 Å². The van der Waals surface area contributed by atoms with E-state index in [1.165, 1.54) is 11.1 Å². The Hall–Kier alpha value is -2.61. The van der Waals surface area contributed by atoms with Crippen LogP contribution in [0.1, 0.15) is 5.56 Å². The van der Waals surface area contributed by atoms with Crippen LogP contribution < -0.4 is 5.73 Å². The molecule has 1 heterocycles. The van der Waals surface area contributed by atoms with Crippen LogP contribution in [0.2, 0.25) is 0 Å². The van der Waals surface area contributed by atoms with Gasteiger partial charge in [-0.25, -0.2) is 0 Å². The number of anilines is 1. The van der Waals surface area contributed by atoms with Gasteiger partial charge in [-0.3, -0.25) is 4.98 Å². The summed E-state index contributed by atoms with van der Waals surface area (Å²) in [7, 11) is 0. The predicted molar refractivity (Wildman–Crippen MR) is 84.3 cm³/mol. The molecule has 98 valence electrons. The minimum Gasteiger partial charge on any atom is -0.397 e. The summed E-state index contributed by atoms with van der Waals surface area (Å²) in [5.41, 5.74) is 12.1. The molecule has 3 aromatic rings. The van der Waals surface area contributed by atoms with Crippen LogP contribution in [0.5, 0.6) is 0 Å². The van der Waals surface area contributed by atoms with Crippen molar-refractivity contribution in [3.05, 3.63) is 72.4 Å². The number of nitrogens with zero attached hydrogens (tertiary/aromatic N) is 1. The number of aryl methyl sites for hydroxylation is 1. The van der Waals surface area contributed by atoms with Gasteiger partial charge in [0, 0.05) is 11.8 Å². The fraction of sp³-hybridized carbons (Fsp3) is 0.0556. The summed E-state index contributed by atoms with van der Waals surface area (Å²) in [6.45, 7) is 1.99. The molecule has 0 saturated heterocycles. The van der Waals surface area contributed by atoms with E-state index in [4.69, 9.17) is 5.73 Å². The van der Waals surface area contributed by atoms with Crippen molar-refractivity contribution in [2.24, 2.45) is 0 Å². The van der Waals surface area contributed by atoms with Crippen molar-refractivity contribution in [2.75, 3.05) is 5.73 Å². The summed E-state index contributed by atoms with van der Waals surface area (Å²) < 4.78 is 0. The molecule has 0 aliphatic carbocycles. The Morgan fingerprint density at radius 3 is 2.05 bits per heavy atom. The lowest BCUT2D eigenvalue weighted by atomic mass is 10.0. The van der Waals surface area contributed by atoms with Crippen molar-refractivity contribution in [3.8, 4) is 22.4 Å². The summed E-state index contributed by atoms with van der Waals surface area (Å²) in [4.78, 5) is 4.43. The van der Waals surface area contributed by atoms with Gasteiger partial charge in [-0.05, 0) is 29.7 Å². The molecular formula is C18H16N2. The van der Waals surface area contributed by atoms with E-state index < -0.39 is 0 Å². The second kappa shape index (κ2) is 5.17. The zero-order chi connectivity index (χ0) is 13.9. The van der Waals surface area contributed by atoms with Gasteiger partial charge in [0.05, 0.1) is 11.4 Å². The standard InChI is InChI=1S/C18H16N2/c1-13-11-17(19)18(20-12-13)16-9-7-15(8-10-16)14-5-3-2-4-6-14/h2-12H,19H2,1H3. The Morgan fingerprint density at radius 2 is 1.40 bits per heavy atom. The van der Waals surface area contributed by atoms with Crippen LogP contribution in [-0.2, 0) is 0 Å². The molecule has 0 saturated carbocycles. The second-order valence-corrected chi connectivity index (χ2v) is 4.89. The molecule has 0 aliphatic rings. The third-order valence-corrected chi connectivity index (χ3v) is 3.32. The van der Waals surface area contributed by atoms with Gasteiger partial charge >= 0.3 is 0 Å². The number of hydrogen-bond donors (Lipinski definition) is 1. The Kier molecular flexibility index (Phi) is 3.21. The zero-order valence-electron chi connectivity index (χ0n) is 11.4. The maximum absolute atomic E-state index is 6.04. The molecular weight excluding hydrogens is 244 g/mol. The lowest BCUT2D eigenvalue weighted by Crippen LogP contribution is -1.94. The maximum atomic E-state index is 6.04. The van der Waals surface area contributed by atoms with E-state index in [0.717, 1.165) is 22.5 Å². The number of nitrogens with two attached hydrogens (primary N) is 1. The molecule has 0 atom stereocenters. The van der Waals surface area contributed by atoms with Crippen LogP contribution in [0.3, 0.4) is 0 Å². The normalized spacial score (nSPS) is 10.4. The van der Waals surface area contributed by atoms with E-state index in [2.05, 4.69) is 41.4 Å². The first-order chi connectivity index (χ1) is 9.74. The molecule has 2 heteroatoms. The highest BCUT2D eigenvalue weighted by atomic mass is 14.7. The molecule has 2 aromatic carbocycles. The second-order valence-electron chi connectivity index (χ2n) is 4.89. The van der Waals surface area contributed by atoms with Crippen LogP contribution in [0.25, 0.3) is 22.4 Å². The predicted octanol–water partition coefficient (Wildman–Crippen LogP) is 4.31. The summed E-state index contributed by atoms with van der Waals surface area (Å²) in [5, 5.41) is 0. The SMILES string of the molecule is Cc1cnc(-c2ccc(-c3ccccc3)cc2)c(N)c1. The topological polar surface area (TPSA) is 38.9 Å². The smallest absolute Gasteiger partial charge is 0.0931 e. The van der Waals surface area contributed by atoms with Gasteiger partial charge in [0.15, 0.2) is 0 Å². The Bertz CT molecular complexity index is 716. The van der Waals surface area contributed by atoms with Crippen LogP contribution in [0.15, 0.2) is 66.9 Å². The lowest BCUT2D eigenvalue weighted by molar-refractivity contribution is 1.27. The minimum atomic E-state index is 0.720. The molecule has 0 fully saturated rings. The first kappa shape index (κ1) is 12.4. The van der Waals surface area contributed by atoms with Gasteiger partial charge in [0.25, 0.3) is 0 Å². The Balaban J connectivity index is 1.97. The zero-order valence-corrected chi connectivity index (χ0v) is 11.4. The molecule has 0 unspecified atom stereocenters. The van der Waals surface area contributed by atoms with Crippen LogP contribution in [0, 0.1) is 6.92 Å². The summed E-state index contributed by atoms with van der Waals surface area (Å²) in [6, 6.07) is 20.6. The molecule has 0 aliphatic heterocycles.